The number of amides is 1. The molecule has 1 amide bonds. The molecule has 0 bridgehead atoms. The van der Waals surface area contributed by atoms with Gasteiger partial charge in [-0.15, -0.1) is 11.3 Å². The molecule has 5 rings (SSSR count). The predicted octanol–water partition coefficient (Wildman–Crippen LogP) is 4.36. The number of hydrogen-bond donors (Lipinski definition) is 1. The quantitative estimate of drug-likeness (QED) is 0.430. The third-order valence-electron chi connectivity index (χ3n) is 5.19. The Hall–Kier alpha value is -3.62. The van der Waals surface area contributed by atoms with Crippen molar-refractivity contribution in [1.82, 2.24) is 4.98 Å². The highest BCUT2D eigenvalue weighted by Gasteiger charge is 2.35. The molecule has 0 saturated heterocycles. The molecule has 8 heteroatoms. The van der Waals surface area contributed by atoms with Gasteiger partial charge < -0.3 is 0 Å². The minimum absolute atomic E-state index is 0.0412. The van der Waals surface area contributed by atoms with Crippen molar-refractivity contribution in [2.24, 2.45) is 0 Å². The van der Waals surface area contributed by atoms with Crippen molar-refractivity contribution in [2.75, 3.05) is 5.32 Å². The van der Waals surface area contributed by atoms with E-state index in [0.717, 1.165) is 10.4 Å². The summed E-state index contributed by atoms with van der Waals surface area (Å²) in [6.07, 6.45) is 2.41. The van der Waals surface area contributed by atoms with Crippen molar-refractivity contribution >= 4 is 38.0 Å². The van der Waals surface area contributed by atoms with Crippen LogP contribution in [0, 0.1) is 0 Å². The van der Waals surface area contributed by atoms with Crippen molar-refractivity contribution in [2.45, 2.75) is 16.2 Å². The highest BCUT2D eigenvalue weighted by Crippen LogP contribution is 2.35. The molecule has 158 valence electrons. The summed E-state index contributed by atoms with van der Waals surface area (Å²) in [5.41, 5.74) is 1.49. The van der Waals surface area contributed by atoms with Gasteiger partial charge >= 0.3 is 0 Å². The van der Waals surface area contributed by atoms with Crippen LogP contribution in [0.2, 0.25) is 0 Å². The monoisotopic (exact) mass is 460 g/mol. The van der Waals surface area contributed by atoms with Crippen LogP contribution in [0.5, 0.6) is 0 Å². The summed E-state index contributed by atoms with van der Waals surface area (Å²) < 4.78 is 26.1. The van der Waals surface area contributed by atoms with E-state index in [2.05, 4.69) is 10.3 Å². The van der Waals surface area contributed by atoms with Gasteiger partial charge in [0, 0.05) is 34.2 Å². The van der Waals surface area contributed by atoms with E-state index in [9.17, 15) is 18.0 Å². The van der Waals surface area contributed by atoms with Gasteiger partial charge in [0.15, 0.2) is 10.9 Å². The van der Waals surface area contributed by atoms with E-state index < -0.39 is 15.7 Å². The number of hydrogen-bond acceptors (Lipinski definition) is 6. The SMILES string of the molecule is O=C(Nc1ncc(Cc2ccccc2)s1)c1ccc2c(c1)S(=O)(=O)c1ccccc1C2=O. The van der Waals surface area contributed by atoms with Crippen LogP contribution in [0.25, 0.3) is 0 Å². The summed E-state index contributed by atoms with van der Waals surface area (Å²) in [4.78, 5) is 30.6. The Kier molecular flexibility index (Phi) is 4.96. The lowest BCUT2D eigenvalue weighted by Gasteiger charge is -2.19. The van der Waals surface area contributed by atoms with Crippen LogP contribution in [0.1, 0.15) is 36.7 Å². The van der Waals surface area contributed by atoms with E-state index in [0.29, 0.717) is 11.6 Å². The molecule has 0 unspecified atom stereocenters. The van der Waals surface area contributed by atoms with Gasteiger partial charge in [-0.2, -0.15) is 0 Å². The summed E-state index contributed by atoms with van der Waals surface area (Å²) in [6, 6.07) is 20.1. The number of sulfone groups is 1. The minimum atomic E-state index is -3.91. The first-order valence-electron chi connectivity index (χ1n) is 9.76. The second-order valence-corrected chi connectivity index (χ2v) is 10.3. The maximum Gasteiger partial charge on any atom is 0.257 e. The maximum absolute atomic E-state index is 13.1. The van der Waals surface area contributed by atoms with Gasteiger partial charge in [0.1, 0.15) is 0 Å². The number of nitrogens with zero attached hydrogens (tertiary/aromatic N) is 1. The third kappa shape index (κ3) is 3.53. The highest BCUT2D eigenvalue weighted by molar-refractivity contribution is 7.91. The molecule has 0 spiro atoms. The molecular formula is C24H16N2O4S2. The fraction of sp³-hybridized carbons (Fsp3) is 0.0417. The zero-order valence-corrected chi connectivity index (χ0v) is 18.2. The number of ketones is 1. The third-order valence-corrected chi connectivity index (χ3v) is 7.96. The zero-order valence-electron chi connectivity index (χ0n) is 16.6. The first-order chi connectivity index (χ1) is 15.4. The van der Waals surface area contributed by atoms with E-state index in [4.69, 9.17) is 0 Å². The average Bonchev–Trinajstić information content (AvgIpc) is 3.24. The fourth-order valence-electron chi connectivity index (χ4n) is 3.64. The molecular weight excluding hydrogens is 444 g/mol. The molecule has 1 aliphatic rings. The van der Waals surface area contributed by atoms with Crippen LogP contribution in [0.3, 0.4) is 0 Å². The topological polar surface area (TPSA) is 93.2 Å². The molecule has 0 radical (unpaired) electrons. The first-order valence-corrected chi connectivity index (χ1v) is 12.1. The summed E-state index contributed by atoms with van der Waals surface area (Å²) in [5, 5.41) is 3.14. The van der Waals surface area contributed by atoms with Crippen LogP contribution in [-0.2, 0) is 16.3 Å². The molecule has 0 saturated carbocycles. The van der Waals surface area contributed by atoms with Gasteiger partial charge in [0.25, 0.3) is 5.91 Å². The lowest BCUT2D eigenvalue weighted by molar-refractivity contribution is 0.101. The van der Waals surface area contributed by atoms with Gasteiger partial charge in [0.05, 0.1) is 9.79 Å². The van der Waals surface area contributed by atoms with Crippen LogP contribution >= 0.6 is 11.3 Å². The highest BCUT2D eigenvalue weighted by atomic mass is 32.2. The second-order valence-electron chi connectivity index (χ2n) is 7.29. The van der Waals surface area contributed by atoms with Gasteiger partial charge in [-0.05, 0) is 35.9 Å². The van der Waals surface area contributed by atoms with Gasteiger partial charge in [-0.3, -0.25) is 14.9 Å². The summed E-state index contributed by atoms with van der Waals surface area (Å²) in [6.45, 7) is 0. The van der Waals surface area contributed by atoms with Gasteiger partial charge in [-0.1, -0.05) is 42.5 Å². The number of nitrogens with one attached hydrogen (secondary N) is 1. The fourth-order valence-corrected chi connectivity index (χ4v) is 6.16. The number of carbonyl (C=O) groups excluding carboxylic acids is 2. The Morgan fingerprint density at radius 2 is 1.62 bits per heavy atom. The number of rotatable bonds is 4. The smallest absolute Gasteiger partial charge is 0.257 e. The normalized spacial score (nSPS) is 13.8. The van der Waals surface area contributed by atoms with Crippen molar-refractivity contribution in [3.05, 3.63) is 106 Å². The number of anilines is 1. The maximum atomic E-state index is 13.1. The molecule has 6 nitrogen and oxygen atoms in total. The van der Waals surface area contributed by atoms with Crippen molar-refractivity contribution in [3.8, 4) is 0 Å². The standard InChI is InChI=1S/C24H16N2O4S2/c27-22-18-8-4-5-9-20(18)32(29,30)21-13-16(10-11-19(21)22)23(28)26-24-25-14-17(31-24)12-15-6-2-1-3-7-15/h1-11,13-14H,12H2,(H,25,26,28). The second kappa shape index (κ2) is 7.81. The lowest BCUT2D eigenvalue weighted by Crippen LogP contribution is -2.21. The van der Waals surface area contributed by atoms with Gasteiger partial charge in [-0.25, -0.2) is 13.4 Å². The van der Waals surface area contributed by atoms with Crippen LogP contribution in [0.4, 0.5) is 5.13 Å². The molecule has 2 heterocycles. The Balaban J connectivity index is 1.41. The van der Waals surface area contributed by atoms with E-state index >= 15 is 0 Å². The Bertz CT molecular complexity index is 1470. The molecule has 0 atom stereocenters. The molecule has 3 aromatic carbocycles. The van der Waals surface area contributed by atoms with E-state index in [1.165, 1.54) is 41.7 Å². The molecule has 32 heavy (non-hydrogen) atoms. The largest absolute Gasteiger partial charge is 0.298 e. The van der Waals surface area contributed by atoms with Crippen molar-refractivity contribution < 1.29 is 18.0 Å². The molecule has 1 aromatic heterocycles. The zero-order chi connectivity index (χ0) is 22.3. The molecule has 0 fully saturated rings. The molecule has 1 N–H and O–H groups in total. The number of carbonyl (C=O) groups is 2. The van der Waals surface area contributed by atoms with E-state index in [1.807, 2.05) is 30.3 Å². The Morgan fingerprint density at radius 1 is 0.906 bits per heavy atom. The number of aromatic nitrogens is 1. The summed E-state index contributed by atoms with van der Waals surface area (Å²) in [7, 11) is -3.91. The van der Waals surface area contributed by atoms with Crippen molar-refractivity contribution in [1.29, 1.82) is 0 Å². The molecule has 0 aliphatic carbocycles. The van der Waals surface area contributed by atoms with Crippen LogP contribution in [-0.4, -0.2) is 25.1 Å². The van der Waals surface area contributed by atoms with Crippen molar-refractivity contribution in [3.63, 3.8) is 0 Å². The van der Waals surface area contributed by atoms with Gasteiger partial charge in [0.2, 0.25) is 9.84 Å². The first kappa shape index (κ1) is 20.3. The summed E-state index contributed by atoms with van der Waals surface area (Å²) >= 11 is 1.35. The van der Waals surface area contributed by atoms with Crippen LogP contribution < -0.4 is 5.32 Å². The number of thiazole rings is 1. The van der Waals surface area contributed by atoms with E-state index in [1.54, 1.807) is 18.3 Å². The lowest BCUT2D eigenvalue weighted by atomic mass is 10.0. The number of benzene rings is 3. The predicted molar refractivity (Wildman–Crippen MR) is 121 cm³/mol. The van der Waals surface area contributed by atoms with Crippen LogP contribution in [0.15, 0.2) is 88.8 Å². The molecule has 4 aromatic rings. The average molecular weight is 461 g/mol. The Labute approximate surface area is 188 Å². The number of fused-ring (bicyclic) bond motifs is 2. The minimum Gasteiger partial charge on any atom is -0.298 e. The van der Waals surface area contributed by atoms with E-state index in [-0.39, 0.29) is 32.3 Å². The summed E-state index contributed by atoms with van der Waals surface area (Å²) in [5.74, 6) is -0.863. The Morgan fingerprint density at radius 3 is 2.44 bits per heavy atom. The molecule has 1 aliphatic heterocycles.